The summed E-state index contributed by atoms with van der Waals surface area (Å²) in [6.45, 7) is 11.9. The van der Waals surface area contributed by atoms with Crippen LogP contribution in [0.5, 0.6) is 0 Å². The lowest BCUT2D eigenvalue weighted by Crippen LogP contribution is -2.07. The van der Waals surface area contributed by atoms with Crippen molar-refractivity contribution in [1.82, 2.24) is 4.98 Å². The lowest BCUT2D eigenvalue weighted by molar-refractivity contribution is 0.846. The summed E-state index contributed by atoms with van der Waals surface area (Å²) >= 11 is 0. The van der Waals surface area contributed by atoms with Gasteiger partial charge in [-0.15, -0.1) is 0 Å². The second-order valence-corrected chi connectivity index (χ2v) is 5.73. The maximum absolute atomic E-state index is 4.92. The fourth-order valence-corrected chi connectivity index (χ4v) is 3.02. The Morgan fingerprint density at radius 3 is 2.55 bits per heavy atom. The standard InChI is InChI=1S/C18H26N2/c1-6-9-14-10-8-11-15-17(14)20-13(5)16(12(3)4)18(15)19-7-2/h8,10-12H,6-7,9H2,1-5H3,(H,19,20). The van der Waals surface area contributed by atoms with Crippen molar-refractivity contribution in [2.24, 2.45) is 0 Å². The van der Waals surface area contributed by atoms with E-state index in [4.69, 9.17) is 4.98 Å². The first-order valence-electron chi connectivity index (χ1n) is 7.76. The molecule has 0 aliphatic heterocycles. The predicted molar refractivity (Wildman–Crippen MR) is 88.7 cm³/mol. The molecule has 108 valence electrons. The molecule has 0 saturated heterocycles. The number of aromatic nitrogens is 1. The lowest BCUT2D eigenvalue weighted by atomic mass is 9.95. The molecule has 2 rings (SSSR count). The number of nitrogens with zero attached hydrogens (tertiary/aromatic N) is 1. The normalized spacial score (nSPS) is 11.3. The third kappa shape index (κ3) is 2.65. The SMILES string of the molecule is CCCc1cccc2c(NCC)c(C(C)C)c(C)nc12. The van der Waals surface area contributed by atoms with Gasteiger partial charge in [0.25, 0.3) is 0 Å². The quantitative estimate of drug-likeness (QED) is 0.822. The molecule has 0 amide bonds. The Hall–Kier alpha value is -1.57. The largest absolute Gasteiger partial charge is 0.384 e. The number of anilines is 1. The molecule has 1 N–H and O–H groups in total. The van der Waals surface area contributed by atoms with Crippen LogP contribution in [0, 0.1) is 6.92 Å². The van der Waals surface area contributed by atoms with E-state index in [-0.39, 0.29) is 0 Å². The molecular formula is C18H26N2. The molecule has 0 fully saturated rings. The number of aryl methyl sites for hydroxylation is 2. The van der Waals surface area contributed by atoms with Crippen molar-refractivity contribution in [1.29, 1.82) is 0 Å². The Kier molecular flexibility index (Phi) is 4.64. The van der Waals surface area contributed by atoms with Crippen molar-refractivity contribution in [2.45, 2.75) is 53.4 Å². The number of para-hydroxylation sites is 1. The molecule has 0 atom stereocenters. The zero-order chi connectivity index (χ0) is 14.7. The molecule has 1 aromatic heterocycles. The van der Waals surface area contributed by atoms with Crippen LogP contribution in [0.2, 0.25) is 0 Å². The Labute approximate surface area is 122 Å². The minimum Gasteiger partial charge on any atom is -0.384 e. The average molecular weight is 270 g/mol. The zero-order valence-corrected chi connectivity index (χ0v) is 13.4. The van der Waals surface area contributed by atoms with E-state index in [1.807, 2.05) is 0 Å². The van der Waals surface area contributed by atoms with E-state index in [1.54, 1.807) is 0 Å². The molecule has 0 bridgehead atoms. The molecule has 0 spiro atoms. The monoisotopic (exact) mass is 270 g/mol. The fraction of sp³-hybridized carbons (Fsp3) is 0.500. The number of nitrogens with one attached hydrogen (secondary N) is 1. The van der Waals surface area contributed by atoms with E-state index >= 15 is 0 Å². The highest BCUT2D eigenvalue weighted by Crippen LogP contribution is 2.34. The highest BCUT2D eigenvalue weighted by Gasteiger charge is 2.16. The number of fused-ring (bicyclic) bond motifs is 1. The number of benzene rings is 1. The molecule has 2 nitrogen and oxygen atoms in total. The summed E-state index contributed by atoms with van der Waals surface area (Å²) in [7, 11) is 0. The summed E-state index contributed by atoms with van der Waals surface area (Å²) in [5.74, 6) is 0.482. The molecular weight excluding hydrogens is 244 g/mol. The van der Waals surface area contributed by atoms with Gasteiger partial charge in [-0.05, 0) is 37.3 Å². The molecule has 1 heterocycles. The van der Waals surface area contributed by atoms with E-state index < -0.39 is 0 Å². The summed E-state index contributed by atoms with van der Waals surface area (Å²) < 4.78 is 0. The van der Waals surface area contributed by atoms with Crippen LogP contribution >= 0.6 is 0 Å². The minimum atomic E-state index is 0.482. The smallest absolute Gasteiger partial charge is 0.0758 e. The summed E-state index contributed by atoms with van der Waals surface area (Å²) in [6.07, 6.45) is 2.25. The maximum atomic E-state index is 4.92. The second-order valence-electron chi connectivity index (χ2n) is 5.73. The number of pyridine rings is 1. The highest BCUT2D eigenvalue weighted by molar-refractivity contribution is 5.95. The van der Waals surface area contributed by atoms with Crippen LogP contribution < -0.4 is 5.32 Å². The van der Waals surface area contributed by atoms with Gasteiger partial charge in [0, 0.05) is 23.3 Å². The molecule has 0 aliphatic carbocycles. The van der Waals surface area contributed by atoms with Gasteiger partial charge in [-0.3, -0.25) is 4.98 Å². The van der Waals surface area contributed by atoms with Crippen LogP contribution in [0.4, 0.5) is 5.69 Å². The van der Waals surface area contributed by atoms with Crippen LogP contribution in [0.1, 0.15) is 56.9 Å². The zero-order valence-electron chi connectivity index (χ0n) is 13.4. The van der Waals surface area contributed by atoms with E-state index in [0.29, 0.717) is 5.92 Å². The van der Waals surface area contributed by atoms with Gasteiger partial charge in [-0.2, -0.15) is 0 Å². The van der Waals surface area contributed by atoms with Crippen LogP contribution in [0.25, 0.3) is 10.9 Å². The fourth-order valence-electron chi connectivity index (χ4n) is 3.02. The Morgan fingerprint density at radius 2 is 1.95 bits per heavy atom. The number of hydrogen-bond acceptors (Lipinski definition) is 2. The van der Waals surface area contributed by atoms with Gasteiger partial charge >= 0.3 is 0 Å². The summed E-state index contributed by atoms with van der Waals surface area (Å²) in [6, 6.07) is 6.57. The Bertz CT molecular complexity index is 600. The Balaban J connectivity index is 2.78. The Morgan fingerprint density at radius 1 is 1.20 bits per heavy atom. The number of hydrogen-bond donors (Lipinski definition) is 1. The summed E-state index contributed by atoms with van der Waals surface area (Å²) in [5, 5.41) is 4.84. The molecule has 0 unspecified atom stereocenters. The molecule has 0 radical (unpaired) electrons. The third-order valence-corrected chi connectivity index (χ3v) is 3.78. The molecule has 2 heteroatoms. The van der Waals surface area contributed by atoms with Crippen molar-refractivity contribution >= 4 is 16.6 Å². The van der Waals surface area contributed by atoms with Gasteiger partial charge in [0.1, 0.15) is 0 Å². The molecule has 0 saturated carbocycles. The van der Waals surface area contributed by atoms with Crippen LogP contribution in [0.3, 0.4) is 0 Å². The van der Waals surface area contributed by atoms with Crippen molar-refractivity contribution in [3.63, 3.8) is 0 Å². The second kappa shape index (κ2) is 6.25. The molecule has 20 heavy (non-hydrogen) atoms. The van der Waals surface area contributed by atoms with Gasteiger partial charge < -0.3 is 5.32 Å². The maximum Gasteiger partial charge on any atom is 0.0758 e. The van der Waals surface area contributed by atoms with Gasteiger partial charge in [-0.25, -0.2) is 0 Å². The molecule has 0 aliphatic rings. The van der Waals surface area contributed by atoms with Gasteiger partial charge in [-0.1, -0.05) is 45.4 Å². The predicted octanol–water partition coefficient (Wildman–Crippen LogP) is 5.05. The lowest BCUT2D eigenvalue weighted by Gasteiger charge is -2.20. The van der Waals surface area contributed by atoms with Crippen molar-refractivity contribution in [2.75, 3.05) is 11.9 Å². The van der Waals surface area contributed by atoms with Crippen molar-refractivity contribution in [3.8, 4) is 0 Å². The minimum absolute atomic E-state index is 0.482. The van der Waals surface area contributed by atoms with Gasteiger partial charge in [0.2, 0.25) is 0 Å². The van der Waals surface area contributed by atoms with Crippen LogP contribution in [0.15, 0.2) is 18.2 Å². The number of rotatable bonds is 5. The first-order valence-corrected chi connectivity index (χ1v) is 7.76. The first-order chi connectivity index (χ1) is 9.60. The summed E-state index contributed by atoms with van der Waals surface area (Å²) in [4.78, 5) is 4.92. The first kappa shape index (κ1) is 14.8. The van der Waals surface area contributed by atoms with E-state index in [0.717, 1.165) is 25.1 Å². The average Bonchev–Trinajstić information content (AvgIpc) is 2.40. The topological polar surface area (TPSA) is 24.9 Å². The van der Waals surface area contributed by atoms with Crippen LogP contribution in [-0.2, 0) is 6.42 Å². The van der Waals surface area contributed by atoms with Gasteiger partial charge in [0.15, 0.2) is 0 Å². The highest BCUT2D eigenvalue weighted by atomic mass is 14.9. The third-order valence-electron chi connectivity index (χ3n) is 3.78. The van der Waals surface area contributed by atoms with E-state index in [2.05, 4.69) is 58.1 Å². The van der Waals surface area contributed by atoms with Crippen molar-refractivity contribution < 1.29 is 0 Å². The summed E-state index contributed by atoms with van der Waals surface area (Å²) in [5.41, 5.74) is 6.33. The molecule has 1 aromatic carbocycles. The van der Waals surface area contributed by atoms with Crippen LogP contribution in [-0.4, -0.2) is 11.5 Å². The van der Waals surface area contributed by atoms with E-state index in [1.165, 1.54) is 27.7 Å². The van der Waals surface area contributed by atoms with E-state index in [9.17, 15) is 0 Å². The van der Waals surface area contributed by atoms with Gasteiger partial charge in [0.05, 0.1) is 5.52 Å². The van der Waals surface area contributed by atoms with Crippen molar-refractivity contribution in [3.05, 3.63) is 35.0 Å². The molecule has 2 aromatic rings.